The minimum atomic E-state index is 0. The second-order valence-corrected chi connectivity index (χ2v) is 6.95. The Bertz CT molecular complexity index is 640. The zero-order chi connectivity index (χ0) is 14.7. The van der Waals surface area contributed by atoms with Crippen LogP contribution in [0.15, 0.2) is 52.3 Å². The minimum Gasteiger partial charge on any atom is -1.00 e. The first-order valence-corrected chi connectivity index (χ1v) is 8.65. The average Bonchev–Trinajstić information content (AvgIpc) is 2.64. The van der Waals surface area contributed by atoms with Gasteiger partial charge in [-0.25, -0.2) is 0 Å². The van der Waals surface area contributed by atoms with Gasteiger partial charge in [0, 0.05) is 28.0 Å². The normalized spacial score (nSPS) is 15.5. The van der Waals surface area contributed by atoms with Gasteiger partial charge in [0.1, 0.15) is 12.2 Å². The van der Waals surface area contributed by atoms with E-state index in [0.717, 1.165) is 18.1 Å². The average molecular weight is 481 g/mol. The molecule has 1 aliphatic heterocycles. The van der Waals surface area contributed by atoms with Gasteiger partial charge < -0.3 is 39.3 Å². The van der Waals surface area contributed by atoms with Gasteiger partial charge in [0.25, 0.3) is 0 Å². The molecule has 0 aromatic heterocycles. The Morgan fingerprint density at radius 1 is 1.13 bits per heavy atom. The third-order valence-electron chi connectivity index (χ3n) is 3.89. The molecule has 1 unspecified atom stereocenters. The molecule has 0 amide bonds. The van der Waals surface area contributed by atoms with Crippen LogP contribution in [0.3, 0.4) is 0 Å². The van der Waals surface area contributed by atoms with Crippen molar-refractivity contribution in [1.82, 2.24) is 0 Å². The molecule has 0 bridgehead atoms. The van der Waals surface area contributed by atoms with Crippen molar-refractivity contribution in [3.05, 3.63) is 53.1 Å². The van der Waals surface area contributed by atoms with Crippen LogP contribution in [-0.2, 0) is 6.54 Å². The van der Waals surface area contributed by atoms with Crippen LogP contribution >= 0.6 is 23.4 Å². The summed E-state index contributed by atoms with van der Waals surface area (Å²) in [4.78, 5) is 4.23. The fourth-order valence-corrected chi connectivity index (χ4v) is 4.08. The summed E-state index contributed by atoms with van der Waals surface area (Å²) in [5, 5.41) is 3.08. The number of nitrogens with one attached hydrogen (secondary N) is 1. The number of rotatable bonds is 4. The topological polar surface area (TPSA) is 21.1 Å². The summed E-state index contributed by atoms with van der Waals surface area (Å²) >= 11 is 8.11. The van der Waals surface area contributed by atoms with Crippen LogP contribution in [0.2, 0.25) is 5.02 Å². The minimum absolute atomic E-state index is 0. The molecule has 1 heterocycles. The molecule has 3 N–H and O–H groups in total. The molecule has 2 aromatic carbocycles. The Morgan fingerprint density at radius 2 is 1.91 bits per heavy atom. The molecule has 2 nitrogen and oxygen atoms in total. The fraction of sp³-hybridized carbons (Fsp3) is 0.294. The summed E-state index contributed by atoms with van der Waals surface area (Å²) < 4.78 is 0. The first-order valence-electron chi connectivity index (χ1n) is 7.46. The molecule has 1 aliphatic rings. The van der Waals surface area contributed by atoms with Gasteiger partial charge in [-0.15, -0.1) is 0 Å². The summed E-state index contributed by atoms with van der Waals surface area (Å²) in [5.41, 5.74) is 2.78. The molecule has 0 saturated carbocycles. The van der Waals surface area contributed by atoms with Crippen molar-refractivity contribution in [2.45, 2.75) is 22.8 Å². The first kappa shape index (κ1) is 21.0. The van der Waals surface area contributed by atoms with Gasteiger partial charge in [0.15, 0.2) is 0 Å². The van der Waals surface area contributed by atoms with E-state index in [0.29, 0.717) is 0 Å². The van der Waals surface area contributed by atoms with Crippen molar-refractivity contribution in [3.63, 3.8) is 0 Å². The lowest BCUT2D eigenvalue weighted by Gasteiger charge is -2.18. The van der Waals surface area contributed by atoms with E-state index in [2.05, 4.69) is 48.8 Å². The third-order valence-corrected chi connectivity index (χ3v) is 5.32. The van der Waals surface area contributed by atoms with Crippen molar-refractivity contribution in [2.24, 2.45) is 0 Å². The van der Waals surface area contributed by atoms with Gasteiger partial charge >= 0.3 is 0 Å². The predicted molar refractivity (Wildman–Crippen MR) is 88.5 cm³/mol. The van der Waals surface area contributed by atoms with Gasteiger partial charge in [-0.3, -0.25) is 4.90 Å². The highest BCUT2D eigenvalue weighted by Crippen LogP contribution is 2.37. The molecule has 0 aliphatic carbocycles. The van der Waals surface area contributed by atoms with Crippen molar-refractivity contribution in [2.75, 3.05) is 20.1 Å². The molecule has 2 aromatic rings. The van der Waals surface area contributed by atoms with E-state index < -0.39 is 0 Å². The first-order chi connectivity index (χ1) is 10.3. The maximum absolute atomic E-state index is 6.24. The number of hydrogen-bond donors (Lipinski definition) is 2. The summed E-state index contributed by atoms with van der Waals surface area (Å²) in [6.45, 7) is 3.36. The Labute approximate surface area is 168 Å². The number of benzene rings is 2. The molecular formula is C17H21Br2ClN2S. The quantitative estimate of drug-likeness (QED) is 0.429. The monoisotopic (exact) mass is 478 g/mol. The van der Waals surface area contributed by atoms with Crippen LogP contribution in [0.25, 0.3) is 0 Å². The molecule has 6 heteroatoms. The molecule has 23 heavy (non-hydrogen) atoms. The van der Waals surface area contributed by atoms with Crippen LogP contribution < -0.4 is 44.2 Å². The molecule has 0 spiro atoms. The fourth-order valence-electron chi connectivity index (χ4n) is 2.80. The molecule has 0 radical (unpaired) electrons. The van der Waals surface area contributed by atoms with Gasteiger partial charge in [0.05, 0.1) is 25.0 Å². The second kappa shape index (κ2) is 10.1. The summed E-state index contributed by atoms with van der Waals surface area (Å²) in [6, 6.07) is 15.0. The number of hydrogen-bond acceptors (Lipinski definition) is 1. The van der Waals surface area contributed by atoms with E-state index >= 15 is 0 Å². The van der Waals surface area contributed by atoms with E-state index in [1.807, 2.05) is 17.8 Å². The van der Waals surface area contributed by atoms with Crippen LogP contribution in [0, 0.1) is 0 Å². The van der Waals surface area contributed by atoms with Gasteiger partial charge in [-0.1, -0.05) is 41.6 Å². The van der Waals surface area contributed by atoms with Gasteiger partial charge in [-0.2, -0.15) is 0 Å². The van der Waals surface area contributed by atoms with Crippen LogP contribution in [-0.4, -0.2) is 20.1 Å². The van der Waals surface area contributed by atoms with Crippen LogP contribution in [0.5, 0.6) is 0 Å². The predicted octanol–water partition coefficient (Wildman–Crippen LogP) is -3.89. The largest absolute Gasteiger partial charge is 1.00 e. The standard InChI is InChI=1S/C17H19ClN2S.2BrH/c1-19-9-4-10-20-12-13-5-2-3-6-16(13)21-17-8-7-14(18)11-15(17)20;;/h2-3,5-8,11,19H,4,9-10,12H2,1H3;2*1H. The second-order valence-electron chi connectivity index (χ2n) is 5.43. The lowest BCUT2D eigenvalue weighted by molar-refractivity contribution is -0.851. The lowest BCUT2D eigenvalue weighted by atomic mass is 10.2. The summed E-state index contributed by atoms with van der Waals surface area (Å²) in [5.74, 6) is 0. The SMILES string of the molecule is C[NH2+]CCC[NH+]1Cc2ccccc2Sc2ccc(Cl)cc21.[Br-].[Br-]. The summed E-state index contributed by atoms with van der Waals surface area (Å²) in [7, 11) is 2.13. The van der Waals surface area contributed by atoms with Gasteiger partial charge in [0.2, 0.25) is 0 Å². The molecule has 1 atom stereocenters. The van der Waals surface area contributed by atoms with E-state index in [1.165, 1.54) is 38.9 Å². The molecule has 3 rings (SSSR count). The Kier molecular flexibility index (Phi) is 9.19. The maximum atomic E-state index is 6.24. The van der Waals surface area contributed by atoms with Crippen LogP contribution in [0.4, 0.5) is 5.69 Å². The summed E-state index contributed by atoms with van der Waals surface area (Å²) in [6.07, 6.45) is 1.21. The highest BCUT2D eigenvalue weighted by Gasteiger charge is 2.24. The van der Waals surface area contributed by atoms with Crippen molar-refractivity contribution in [1.29, 1.82) is 0 Å². The number of fused-ring (bicyclic) bond motifs is 2. The van der Waals surface area contributed by atoms with Crippen LogP contribution in [0.1, 0.15) is 12.0 Å². The smallest absolute Gasteiger partial charge is 0.147 e. The van der Waals surface area contributed by atoms with E-state index in [1.54, 1.807) is 0 Å². The Morgan fingerprint density at radius 3 is 2.70 bits per heavy atom. The Hall–Kier alpha value is -0.0400. The number of nitrogens with two attached hydrogens (primary N) is 1. The molecular weight excluding hydrogens is 460 g/mol. The number of halogens is 3. The maximum Gasteiger partial charge on any atom is 0.147 e. The highest BCUT2D eigenvalue weighted by molar-refractivity contribution is 7.99. The van der Waals surface area contributed by atoms with Gasteiger partial charge in [-0.05, 0) is 18.2 Å². The number of quaternary nitrogens is 2. The van der Waals surface area contributed by atoms with E-state index in [-0.39, 0.29) is 34.0 Å². The van der Waals surface area contributed by atoms with E-state index in [9.17, 15) is 0 Å². The zero-order valence-corrected chi connectivity index (χ0v) is 17.7. The van der Waals surface area contributed by atoms with Crippen molar-refractivity contribution >= 4 is 29.1 Å². The molecule has 0 saturated heterocycles. The molecule has 0 fully saturated rings. The van der Waals surface area contributed by atoms with Crippen molar-refractivity contribution < 1.29 is 44.2 Å². The zero-order valence-electron chi connectivity index (χ0n) is 13.0. The van der Waals surface area contributed by atoms with Crippen molar-refractivity contribution in [3.8, 4) is 0 Å². The lowest BCUT2D eigenvalue weighted by Crippen LogP contribution is -3.06. The Balaban J connectivity index is 0.00000132. The highest BCUT2D eigenvalue weighted by atomic mass is 79.9. The van der Waals surface area contributed by atoms with E-state index in [4.69, 9.17) is 11.6 Å². The third kappa shape index (κ3) is 5.21. The molecule has 126 valence electrons.